The summed E-state index contributed by atoms with van der Waals surface area (Å²) < 4.78 is 1.99. The number of benzene rings is 2. The number of fused-ring (bicyclic) bond motifs is 3. The SMILES string of the molecule is C=CCN(C)C(=O)[C@H]1C[NH+]2CC[C@@H]1C[C@@H]2Cn1cc(-c2ccc(-c3ccccc3)cc2)nn1. The van der Waals surface area contributed by atoms with Crippen molar-refractivity contribution in [2.45, 2.75) is 25.4 Å². The van der Waals surface area contributed by atoms with Crippen LogP contribution in [0.15, 0.2) is 73.4 Å². The van der Waals surface area contributed by atoms with E-state index in [2.05, 4.69) is 71.6 Å². The van der Waals surface area contributed by atoms with Gasteiger partial charge < -0.3 is 9.80 Å². The third-order valence-corrected chi connectivity index (χ3v) is 7.38. The van der Waals surface area contributed by atoms with E-state index in [0.717, 1.165) is 43.7 Å². The van der Waals surface area contributed by atoms with Gasteiger partial charge >= 0.3 is 0 Å². The zero-order valence-electron chi connectivity index (χ0n) is 19.2. The minimum absolute atomic E-state index is 0.143. The van der Waals surface area contributed by atoms with Crippen molar-refractivity contribution in [1.82, 2.24) is 19.9 Å². The second-order valence-electron chi connectivity index (χ2n) is 9.48. The number of quaternary nitrogens is 1. The minimum Gasteiger partial charge on any atom is -0.342 e. The van der Waals surface area contributed by atoms with Crippen LogP contribution in [0, 0.1) is 11.8 Å². The summed E-state index contributed by atoms with van der Waals surface area (Å²) in [4.78, 5) is 16.2. The molecule has 2 aromatic carbocycles. The van der Waals surface area contributed by atoms with Crippen molar-refractivity contribution < 1.29 is 9.69 Å². The number of likely N-dealkylation sites (N-methyl/N-ethyl adjacent to an activating group) is 1. The zero-order chi connectivity index (χ0) is 22.8. The number of nitrogens with zero attached hydrogens (tertiary/aromatic N) is 4. The number of nitrogens with one attached hydrogen (secondary N) is 1. The van der Waals surface area contributed by atoms with Gasteiger partial charge in [0.2, 0.25) is 5.91 Å². The molecule has 3 saturated heterocycles. The van der Waals surface area contributed by atoms with Crippen LogP contribution >= 0.6 is 0 Å². The molecule has 6 nitrogen and oxygen atoms in total. The summed E-state index contributed by atoms with van der Waals surface area (Å²) in [5, 5.41) is 8.86. The van der Waals surface area contributed by atoms with Gasteiger partial charge in [-0.1, -0.05) is 65.9 Å². The van der Waals surface area contributed by atoms with Crippen molar-refractivity contribution in [2.75, 3.05) is 26.7 Å². The number of amides is 1. The van der Waals surface area contributed by atoms with Crippen LogP contribution < -0.4 is 4.90 Å². The molecule has 3 fully saturated rings. The molecule has 0 aliphatic carbocycles. The van der Waals surface area contributed by atoms with E-state index in [1.807, 2.05) is 22.7 Å². The molecule has 170 valence electrons. The van der Waals surface area contributed by atoms with Crippen LogP contribution in [0.4, 0.5) is 0 Å². The van der Waals surface area contributed by atoms with Crippen LogP contribution in [0.3, 0.4) is 0 Å². The van der Waals surface area contributed by atoms with E-state index in [9.17, 15) is 4.79 Å². The van der Waals surface area contributed by atoms with Crippen molar-refractivity contribution in [3.8, 4) is 22.4 Å². The topological polar surface area (TPSA) is 55.5 Å². The Kier molecular flexibility index (Phi) is 6.09. The van der Waals surface area contributed by atoms with E-state index >= 15 is 0 Å². The van der Waals surface area contributed by atoms with Gasteiger partial charge in [-0.15, -0.1) is 11.7 Å². The Bertz CT molecular complexity index is 1110. The van der Waals surface area contributed by atoms with Crippen molar-refractivity contribution >= 4 is 5.91 Å². The molecule has 1 aromatic heterocycles. The van der Waals surface area contributed by atoms with Gasteiger partial charge in [-0.05, 0) is 17.0 Å². The van der Waals surface area contributed by atoms with Crippen LogP contribution in [0.5, 0.6) is 0 Å². The maximum Gasteiger partial charge on any atom is 0.231 e. The number of hydrogen-bond donors (Lipinski definition) is 1. The predicted molar refractivity (Wildman–Crippen MR) is 129 cm³/mol. The van der Waals surface area contributed by atoms with Crippen molar-refractivity contribution in [2.24, 2.45) is 11.8 Å². The molecule has 2 bridgehead atoms. The van der Waals surface area contributed by atoms with E-state index < -0.39 is 0 Å². The fourth-order valence-corrected chi connectivity index (χ4v) is 5.58. The first-order chi connectivity index (χ1) is 16.1. The van der Waals surface area contributed by atoms with Gasteiger partial charge in [-0.25, -0.2) is 4.68 Å². The standard InChI is InChI=1S/C27H31N5O/c1-3-14-30(2)27(33)25-18-31-15-13-23(25)16-24(31)17-32-19-26(28-29-32)22-11-9-21(10-12-22)20-7-5-4-6-8-20/h3-12,19,23-25H,1,13-18H2,2H3/p+1/t23-,24-,25+/m1/s1. The quantitative estimate of drug-likeness (QED) is 0.572. The van der Waals surface area contributed by atoms with E-state index in [-0.39, 0.29) is 11.8 Å². The molecule has 3 aliphatic rings. The molecule has 3 aliphatic heterocycles. The first kappa shape index (κ1) is 21.6. The van der Waals surface area contributed by atoms with Gasteiger partial charge in [0.1, 0.15) is 11.7 Å². The van der Waals surface area contributed by atoms with Gasteiger partial charge in [-0.2, -0.15) is 0 Å². The van der Waals surface area contributed by atoms with Crippen molar-refractivity contribution in [3.05, 3.63) is 73.4 Å². The lowest BCUT2D eigenvalue weighted by molar-refractivity contribution is -0.945. The van der Waals surface area contributed by atoms with Crippen molar-refractivity contribution in [3.63, 3.8) is 0 Å². The fourth-order valence-electron chi connectivity index (χ4n) is 5.58. The minimum atomic E-state index is 0.143. The highest BCUT2D eigenvalue weighted by atomic mass is 16.2. The largest absolute Gasteiger partial charge is 0.342 e. The third kappa shape index (κ3) is 4.48. The number of rotatable bonds is 7. The second-order valence-corrected chi connectivity index (χ2v) is 9.48. The van der Waals surface area contributed by atoms with Gasteiger partial charge in [-0.3, -0.25) is 4.79 Å². The highest BCUT2D eigenvalue weighted by Gasteiger charge is 2.47. The van der Waals surface area contributed by atoms with Gasteiger partial charge in [0.15, 0.2) is 0 Å². The average Bonchev–Trinajstić information content (AvgIpc) is 3.33. The van der Waals surface area contributed by atoms with E-state index in [4.69, 9.17) is 0 Å². The number of carbonyl (C=O) groups excluding carboxylic acids is 1. The summed E-state index contributed by atoms with van der Waals surface area (Å²) in [7, 11) is 1.89. The van der Waals surface area contributed by atoms with Crippen LogP contribution in [-0.2, 0) is 11.3 Å². The number of piperidine rings is 3. The molecule has 4 heterocycles. The lowest BCUT2D eigenvalue weighted by Gasteiger charge is -2.46. The lowest BCUT2D eigenvalue weighted by atomic mass is 9.75. The second kappa shape index (κ2) is 9.32. The van der Waals surface area contributed by atoms with Gasteiger partial charge in [0, 0.05) is 32.0 Å². The van der Waals surface area contributed by atoms with Crippen LogP contribution in [0.25, 0.3) is 22.4 Å². The summed E-state index contributed by atoms with van der Waals surface area (Å²) in [5.41, 5.74) is 4.39. The first-order valence-corrected chi connectivity index (χ1v) is 11.9. The molecule has 3 aromatic rings. The van der Waals surface area contributed by atoms with E-state index in [0.29, 0.717) is 18.5 Å². The molecule has 1 N–H and O–H groups in total. The predicted octanol–water partition coefficient (Wildman–Crippen LogP) is 2.55. The highest BCUT2D eigenvalue weighted by molar-refractivity contribution is 5.79. The molecule has 4 atom stereocenters. The van der Waals surface area contributed by atoms with E-state index in [1.54, 1.807) is 6.08 Å². The monoisotopic (exact) mass is 442 g/mol. The van der Waals surface area contributed by atoms with Crippen LogP contribution in [-0.4, -0.2) is 58.5 Å². The Morgan fingerprint density at radius 1 is 1.15 bits per heavy atom. The highest BCUT2D eigenvalue weighted by Crippen LogP contribution is 2.29. The van der Waals surface area contributed by atoms with Crippen LogP contribution in [0.2, 0.25) is 0 Å². The summed E-state index contributed by atoms with van der Waals surface area (Å²) >= 11 is 0. The number of aromatic nitrogens is 3. The zero-order valence-corrected chi connectivity index (χ0v) is 19.2. The first-order valence-electron chi connectivity index (χ1n) is 11.9. The maximum atomic E-state index is 12.9. The number of hydrogen-bond acceptors (Lipinski definition) is 3. The summed E-state index contributed by atoms with van der Waals surface area (Å²) in [6.45, 7) is 7.31. The molecule has 0 radical (unpaired) electrons. The molecular formula is C27H32N5O+. The molecule has 1 amide bonds. The smallest absolute Gasteiger partial charge is 0.231 e. The Morgan fingerprint density at radius 2 is 1.88 bits per heavy atom. The molecule has 1 unspecified atom stereocenters. The molecule has 0 saturated carbocycles. The third-order valence-electron chi connectivity index (χ3n) is 7.38. The average molecular weight is 443 g/mol. The normalized spacial score (nSPS) is 23.9. The summed E-state index contributed by atoms with van der Waals surface area (Å²) in [6.07, 6.45) is 6.07. The Morgan fingerprint density at radius 3 is 2.58 bits per heavy atom. The fraction of sp³-hybridized carbons (Fsp3) is 0.370. The molecule has 6 rings (SSSR count). The molecule has 33 heavy (non-hydrogen) atoms. The van der Waals surface area contributed by atoms with Crippen LogP contribution in [0.1, 0.15) is 12.8 Å². The number of carbonyl (C=O) groups is 1. The van der Waals surface area contributed by atoms with Gasteiger partial charge in [0.05, 0.1) is 31.7 Å². The molecule has 6 heteroatoms. The van der Waals surface area contributed by atoms with Gasteiger partial charge in [0.25, 0.3) is 0 Å². The summed E-state index contributed by atoms with van der Waals surface area (Å²) in [5.74, 6) is 0.891. The Hall–Kier alpha value is -3.25. The molecule has 0 spiro atoms. The van der Waals surface area contributed by atoms with E-state index in [1.165, 1.54) is 16.0 Å². The lowest BCUT2D eigenvalue weighted by Crippen LogP contribution is -3.20. The van der Waals surface area contributed by atoms with Crippen molar-refractivity contribution in [1.29, 1.82) is 0 Å². The Labute approximate surface area is 195 Å². The Balaban J connectivity index is 1.23. The summed E-state index contributed by atoms with van der Waals surface area (Å²) in [6, 6.07) is 19.4. The maximum absolute atomic E-state index is 12.9. The molecular weight excluding hydrogens is 410 g/mol.